The number of fused-ring (bicyclic) bond motifs is 3. The van der Waals surface area contributed by atoms with Crippen molar-refractivity contribution in [3.8, 4) is 0 Å². The van der Waals surface area contributed by atoms with Crippen LogP contribution in [-0.2, 0) is 18.3 Å². The predicted molar refractivity (Wildman–Crippen MR) is 84.1 cm³/mol. The van der Waals surface area contributed by atoms with Gasteiger partial charge in [-0.3, -0.25) is 9.48 Å². The molecule has 0 bridgehead atoms. The summed E-state index contributed by atoms with van der Waals surface area (Å²) in [6.07, 6.45) is 3.28. The number of carbonyl (C=O) groups excluding carboxylic acids is 1. The molecule has 0 saturated heterocycles. The van der Waals surface area contributed by atoms with Gasteiger partial charge in [-0.05, 0) is 26.0 Å². The van der Waals surface area contributed by atoms with E-state index in [0.29, 0.717) is 11.9 Å². The van der Waals surface area contributed by atoms with Crippen molar-refractivity contribution in [3.63, 3.8) is 0 Å². The van der Waals surface area contributed by atoms with E-state index in [0.717, 1.165) is 16.4 Å². The van der Waals surface area contributed by atoms with Crippen LogP contribution >= 0.6 is 0 Å². The number of carbonyl (C=O) groups is 1. The van der Waals surface area contributed by atoms with Gasteiger partial charge in [0, 0.05) is 25.2 Å². The zero-order valence-corrected chi connectivity index (χ0v) is 12.8. The molecule has 0 N–H and O–H groups in total. The number of pyridine rings is 1. The first-order valence-corrected chi connectivity index (χ1v) is 7.23. The van der Waals surface area contributed by atoms with Crippen LogP contribution in [0.3, 0.4) is 0 Å². The fourth-order valence-corrected chi connectivity index (χ4v) is 2.75. The zero-order chi connectivity index (χ0) is 15.9. The van der Waals surface area contributed by atoms with Gasteiger partial charge in [-0.2, -0.15) is 5.10 Å². The molecule has 2 heterocycles. The predicted octanol–water partition coefficient (Wildman–Crippen LogP) is 2.08. The highest BCUT2D eigenvalue weighted by Gasteiger charge is 2.19. The molecule has 0 fully saturated rings. The largest absolute Gasteiger partial charge is 0.462 e. The van der Waals surface area contributed by atoms with Crippen molar-refractivity contribution in [3.05, 3.63) is 40.3 Å². The molecule has 0 saturated carbocycles. The van der Waals surface area contributed by atoms with Gasteiger partial charge in [-0.1, -0.05) is 0 Å². The van der Waals surface area contributed by atoms with Crippen molar-refractivity contribution >= 4 is 27.8 Å². The first kappa shape index (κ1) is 14.3. The number of esters is 1. The molecule has 3 rings (SSSR count). The second-order valence-electron chi connectivity index (χ2n) is 5.04. The van der Waals surface area contributed by atoms with Crippen molar-refractivity contribution < 1.29 is 9.53 Å². The maximum Gasteiger partial charge on any atom is 0.343 e. The number of rotatable bonds is 3. The number of nitrogens with zero attached hydrogens (tertiary/aromatic N) is 3. The van der Waals surface area contributed by atoms with Gasteiger partial charge in [0.1, 0.15) is 5.56 Å². The maximum atomic E-state index is 12.8. The van der Waals surface area contributed by atoms with Crippen LogP contribution in [0.1, 0.15) is 24.2 Å². The van der Waals surface area contributed by atoms with E-state index in [2.05, 4.69) is 5.10 Å². The number of aryl methyl sites for hydroxylation is 2. The summed E-state index contributed by atoms with van der Waals surface area (Å²) in [5, 5.41) is 5.58. The summed E-state index contributed by atoms with van der Waals surface area (Å²) in [6, 6.07) is 3.82. The van der Waals surface area contributed by atoms with Crippen LogP contribution in [0.5, 0.6) is 0 Å². The van der Waals surface area contributed by atoms with Gasteiger partial charge >= 0.3 is 5.97 Å². The third-order valence-corrected chi connectivity index (χ3v) is 3.78. The minimum atomic E-state index is -0.587. The maximum absolute atomic E-state index is 12.8. The van der Waals surface area contributed by atoms with Crippen LogP contribution in [0.4, 0.5) is 0 Å². The summed E-state index contributed by atoms with van der Waals surface area (Å²) in [7, 11) is 1.79. The summed E-state index contributed by atoms with van der Waals surface area (Å²) >= 11 is 0. The molecule has 0 atom stereocenters. The van der Waals surface area contributed by atoms with Crippen molar-refractivity contribution in [2.24, 2.45) is 7.05 Å². The Kier molecular flexibility index (Phi) is 3.44. The highest BCUT2D eigenvalue weighted by Crippen LogP contribution is 2.23. The van der Waals surface area contributed by atoms with Crippen LogP contribution < -0.4 is 5.43 Å². The normalized spacial score (nSPS) is 11.2. The molecule has 0 aliphatic carbocycles. The highest BCUT2D eigenvalue weighted by atomic mass is 16.5. The van der Waals surface area contributed by atoms with Crippen molar-refractivity contribution in [1.29, 1.82) is 0 Å². The molecule has 6 heteroatoms. The lowest BCUT2D eigenvalue weighted by Gasteiger charge is -2.12. The Morgan fingerprint density at radius 3 is 2.77 bits per heavy atom. The van der Waals surface area contributed by atoms with Crippen LogP contribution in [0, 0.1) is 0 Å². The fraction of sp³-hybridized carbons (Fsp3) is 0.312. The number of aromatic nitrogens is 3. The fourth-order valence-electron chi connectivity index (χ4n) is 2.75. The Labute approximate surface area is 126 Å². The van der Waals surface area contributed by atoms with Crippen LogP contribution in [0.25, 0.3) is 21.8 Å². The summed E-state index contributed by atoms with van der Waals surface area (Å²) in [4.78, 5) is 24.9. The molecule has 114 valence electrons. The SMILES string of the molecule is CCOC(=O)c1cn(CC)c2ccc3cnn(C)c3c2c1=O. The second-order valence-corrected chi connectivity index (χ2v) is 5.04. The number of hydrogen-bond donors (Lipinski definition) is 0. The summed E-state index contributed by atoms with van der Waals surface area (Å²) < 4.78 is 8.55. The molecule has 2 aromatic heterocycles. The quantitative estimate of drug-likeness (QED) is 0.695. The standard InChI is InChI=1S/C16H17N3O3/c1-4-19-9-11(16(21)22-5-2)15(20)13-12(19)7-6-10-8-17-18(3)14(10)13/h6-9H,4-5H2,1-3H3. The minimum absolute atomic E-state index is 0.0601. The number of ether oxygens (including phenoxy) is 1. The van der Waals surface area contributed by atoms with E-state index < -0.39 is 5.97 Å². The Balaban J connectivity index is 2.48. The minimum Gasteiger partial charge on any atom is -0.462 e. The first-order valence-electron chi connectivity index (χ1n) is 7.23. The van der Waals surface area contributed by atoms with Crippen molar-refractivity contribution in [1.82, 2.24) is 14.3 Å². The van der Waals surface area contributed by atoms with Gasteiger partial charge in [0.15, 0.2) is 0 Å². The van der Waals surface area contributed by atoms with Gasteiger partial charge in [-0.15, -0.1) is 0 Å². The Morgan fingerprint density at radius 1 is 1.32 bits per heavy atom. The van der Waals surface area contributed by atoms with E-state index in [4.69, 9.17) is 4.74 Å². The smallest absolute Gasteiger partial charge is 0.343 e. The summed E-state index contributed by atoms with van der Waals surface area (Å²) in [5.41, 5.74) is 1.27. The third-order valence-electron chi connectivity index (χ3n) is 3.78. The zero-order valence-electron chi connectivity index (χ0n) is 12.8. The van der Waals surface area contributed by atoms with Crippen molar-refractivity contribution in [2.75, 3.05) is 6.61 Å². The number of hydrogen-bond acceptors (Lipinski definition) is 4. The van der Waals surface area contributed by atoms with E-state index in [-0.39, 0.29) is 17.6 Å². The van der Waals surface area contributed by atoms with Crippen molar-refractivity contribution in [2.45, 2.75) is 20.4 Å². The monoisotopic (exact) mass is 299 g/mol. The average molecular weight is 299 g/mol. The molecule has 0 aliphatic rings. The first-order chi connectivity index (χ1) is 10.6. The molecule has 0 unspecified atom stereocenters. The summed E-state index contributed by atoms with van der Waals surface area (Å²) in [5.74, 6) is -0.587. The molecular weight excluding hydrogens is 282 g/mol. The molecule has 0 aliphatic heterocycles. The summed E-state index contributed by atoms with van der Waals surface area (Å²) in [6.45, 7) is 4.56. The Morgan fingerprint density at radius 2 is 2.09 bits per heavy atom. The van der Waals surface area contributed by atoms with E-state index in [1.54, 1.807) is 31.0 Å². The lowest BCUT2D eigenvalue weighted by Crippen LogP contribution is -2.21. The van der Waals surface area contributed by atoms with Gasteiger partial charge in [0.25, 0.3) is 0 Å². The van der Waals surface area contributed by atoms with Crippen LogP contribution in [0.2, 0.25) is 0 Å². The Bertz CT molecular complexity index is 937. The third kappa shape index (κ3) is 1.99. The van der Waals surface area contributed by atoms with Gasteiger partial charge in [0.2, 0.25) is 5.43 Å². The van der Waals surface area contributed by atoms with E-state index in [1.807, 2.05) is 23.6 Å². The van der Waals surface area contributed by atoms with E-state index in [1.165, 1.54) is 0 Å². The number of benzene rings is 1. The molecule has 0 radical (unpaired) electrons. The molecule has 0 amide bonds. The molecule has 22 heavy (non-hydrogen) atoms. The molecule has 1 aromatic carbocycles. The lowest BCUT2D eigenvalue weighted by molar-refractivity contribution is 0.0524. The van der Waals surface area contributed by atoms with Crippen LogP contribution in [-0.4, -0.2) is 26.9 Å². The average Bonchev–Trinajstić information content (AvgIpc) is 2.89. The van der Waals surface area contributed by atoms with Gasteiger partial charge in [-0.25, -0.2) is 4.79 Å². The van der Waals surface area contributed by atoms with Crippen LogP contribution in [0.15, 0.2) is 29.3 Å². The van der Waals surface area contributed by atoms with Gasteiger partial charge in [0.05, 0.1) is 29.2 Å². The van der Waals surface area contributed by atoms with E-state index >= 15 is 0 Å². The second kappa shape index (κ2) is 5.29. The van der Waals surface area contributed by atoms with Gasteiger partial charge < -0.3 is 9.30 Å². The molecule has 3 aromatic rings. The highest BCUT2D eigenvalue weighted by molar-refractivity contribution is 6.06. The van der Waals surface area contributed by atoms with E-state index in [9.17, 15) is 9.59 Å². The Hall–Kier alpha value is -2.63. The molecule has 0 spiro atoms. The lowest BCUT2D eigenvalue weighted by atomic mass is 10.1. The molecule has 6 nitrogen and oxygen atoms in total. The topological polar surface area (TPSA) is 66.1 Å². The molecular formula is C16H17N3O3.